The number of rotatable bonds is 6. The van der Waals surface area contributed by atoms with Crippen molar-refractivity contribution in [2.24, 2.45) is 0 Å². The molecule has 1 N–H and O–H groups in total. The summed E-state index contributed by atoms with van der Waals surface area (Å²) in [4.78, 5) is 27.6. The lowest BCUT2D eigenvalue weighted by molar-refractivity contribution is -0.167. The van der Waals surface area contributed by atoms with Crippen LogP contribution in [0.1, 0.15) is 25.6 Å². The molecule has 1 unspecified atom stereocenters. The Balaban J connectivity index is 1.83. The molecule has 0 bridgehead atoms. The van der Waals surface area contributed by atoms with Crippen LogP contribution in [0.5, 0.6) is 0 Å². The maximum atomic E-state index is 12.4. The van der Waals surface area contributed by atoms with Crippen molar-refractivity contribution in [2.45, 2.75) is 39.0 Å². The summed E-state index contributed by atoms with van der Waals surface area (Å²) in [5.74, 6) is -0.678. The van der Waals surface area contributed by atoms with Crippen LogP contribution in [0.15, 0.2) is 17.5 Å². The Bertz CT molecular complexity index is 524. The van der Waals surface area contributed by atoms with Crippen LogP contribution in [-0.2, 0) is 25.6 Å². The third-order valence-corrected chi connectivity index (χ3v) is 4.85. The molecule has 1 atom stereocenters. The molecule has 0 spiro atoms. The van der Waals surface area contributed by atoms with Crippen molar-refractivity contribution >= 4 is 23.2 Å². The van der Waals surface area contributed by atoms with Gasteiger partial charge in [0.1, 0.15) is 5.54 Å². The standard InChI is InChI=1S/C16H24N2O4S/c1-12(14(19)17-11-13-5-4-10-23-13)22-15(20)16(2,3)18-6-8-21-9-7-18/h4-5,10,12H,6-9,11H2,1-3H3,(H,17,19). The van der Waals surface area contributed by atoms with E-state index in [1.807, 2.05) is 36.3 Å². The van der Waals surface area contributed by atoms with Crippen LogP contribution in [0.2, 0.25) is 0 Å². The molecule has 0 aliphatic carbocycles. The highest BCUT2D eigenvalue weighted by molar-refractivity contribution is 7.09. The number of carbonyl (C=O) groups excluding carboxylic acids is 2. The van der Waals surface area contributed by atoms with Crippen molar-refractivity contribution in [3.8, 4) is 0 Å². The third-order valence-electron chi connectivity index (χ3n) is 3.97. The van der Waals surface area contributed by atoms with Crippen LogP contribution in [-0.4, -0.2) is 54.7 Å². The van der Waals surface area contributed by atoms with Gasteiger partial charge in [0.15, 0.2) is 6.10 Å². The fourth-order valence-corrected chi connectivity index (χ4v) is 2.99. The summed E-state index contributed by atoms with van der Waals surface area (Å²) in [6, 6.07) is 3.88. The smallest absolute Gasteiger partial charge is 0.326 e. The van der Waals surface area contributed by atoms with E-state index in [-0.39, 0.29) is 5.91 Å². The molecule has 2 heterocycles. The zero-order valence-corrected chi connectivity index (χ0v) is 14.6. The van der Waals surface area contributed by atoms with E-state index < -0.39 is 17.6 Å². The van der Waals surface area contributed by atoms with Gasteiger partial charge < -0.3 is 14.8 Å². The highest BCUT2D eigenvalue weighted by Gasteiger charge is 2.38. The van der Waals surface area contributed by atoms with Crippen LogP contribution in [0.3, 0.4) is 0 Å². The van der Waals surface area contributed by atoms with Crippen molar-refractivity contribution in [3.63, 3.8) is 0 Å². The van der Waals surface area contributed by atoms with E-state index in [2.05, 4.69) is 5.32 Å². The molecule has 2 rings (SSSR count). The second kappa shape index (κ2) is 7.90. The molecule has 1 saturated heterocycles. The SMILES string of the molecule is CC(OC(=O)C(C)(C)N1CCOCC1)C(=O)NCc1cccs1. The van der Waals surface area contributed by atoms with Gasteiger partial charge in [0.25, 0.3) is 5.91 Å². The summed E-state index contributed by atoms with van der Waals surface area (Å²) in [5, 5.41) is 4.74. The predicted octanol–water partition coefficient (Wildman–Crippen LogP) is 1.41. The Hall–Kier alpha value is -1.44. The van der Waals surface area contributed by atoms with E-state index in [1.54, 1.807) is 18.3 Å². The normalized spacial score (nSPS) is 17.5. The van der Waals surface area contributed by atoms with Gasteiger partial charge >= 0.3 is 5.97 Å². The number of morpholine rings is 1. The van der Waals surface area contributed by atoms with Crippen molar-refractivity contribution in [1.29, 1.82) is 0 Å². The average molecular weight is 340 g/mol. The van der Waals surface area contributed by atoms with Gasteiger partial charge in [0.05, 0.1) is 19.8 Å². The molecule has 0 radical (unpaired) electrons. The van der Waals surface area contributed by atoms with Crippen molar-refractivity contribution in [2.75, 3.05) is 26.3 Å². The molecule has 6 nitrogen and oxygen atoms in total. The Morgan fingerprint density at radius 1 is 1.43 bits per heavy atom. The first-order valence-corrected chi connectivity index (χ1v) is 8.63. The Kier molecular flexibility index (Phi) is 6.15. The molecular weight excluding hydrogens is 316 g/mol. The maximum Gasteiger partial charge on any atom is 0.326 e. The molecule has 1 aromatic rings. The molecule has 23 heavy (non-hydrogen) atoms. The molecule has 7 heteroatoms. The van der Waals surface area contributed by atoms with Crippen LogP contribution in [0.25, 0.3) is 0 Å². The molecule has 1 aliphatic rings. The molecule has 1 fully saturated rings. The number of nitrogens with zero attached hydrogens (tertiary/aromatic N) is 1. The lowest BCUT2D eigenvalue weighted by Crippen LogP contribution is -2.56. The highest BCUT2D eigenvalue weighted by Crippen LogP contribution is 2.19. The Morgan fingerprint density at radius 3 is 2.74 bits per heavy atom. The molecule has 1 aliphatic heterocycles. The summed E-state index contributed by atoms with van der Waals surface area (Å²) in [6.45, 7) is 8.25. The minimum absolute atomic E-state index is 0.287. The van der Waals surface area contributed by atoms with Gasteiger partial charge in [-0.1, -0.05) is 6.07 Å². The van der Waals surface area contributed by atoms with Crippen LogP contribution in [0, 0.1) is 0 Å². The van der Waals surface area contributed by atoms with Gasteiger partial charge in [-0.2, -0.15) is 0 Å². The Morgan fingerprint density at radius 2 is 2.13 bits per heavy atom. The number of thiophene rings is 1. The van der Waals surface area contributed by atoms with Gasteiger partial charge in [-0.15, -0.1) is 11.3 Å². The summed E-state index contributed by atoms with van der Waals surface area (Å²) >= 11 is 1.57. The molecular formula is C16H24N2O4S. The van der Waals surface area contributed by atoms with E-state index in [4.69, 9.17) is 9.47 Å². The van der Waals surface area contributed by atoms with Gasteiger partial charge in [-0.05, 0) is 32.2 Å². The second-order valence-electron chi connectivity index (χ2n) is 6.00. The number of hydrogen-bond donors (Lipinski definition) is 1. The van der Waals surface area contributed by atoms with E-state index >= 15 is 0 Å². The topological polar surface area (TPSA) is 67.9 Å². The van der Waals surface area contributed by atoms with Gasteiger partial charge in [0, 0.05) is 18.0 Å². The zero-order chi connectivity index (χ0) is 16.9. The number of ether oxygens (including phenoxy) is 2. The number of amides is 1. The van der Waals surface area contributed by atoms with E-state index in [1.165, 1.54) is 0 Å². The maximum absolute atomic E-state index is 12.4. The summed E-state index contributed by atoms with van der Waals surface area (Å²) < 4.78 is 10.7. The van der Waals surface area contributed by atoms with Crippen LogP contribution in [0.4, 0.5) is 0 Å². The first kappa shape index (κ1) is 17.9. The lowest BCUT2D eigenvalue weighted by atomic mass is 10.0. The molecule has 1 amide bonds. The minimum atomic E-state index is -0.817. The fourth-order valence-electron chi connectivity index (χ4n) is 2.34. The van der Waals surface area contributed by atoms with E-state index in [0.29, 0.717) is 32.8 Å². The van der Waals surface area contributed by atoms with Gasteiger partial charge in [0.2, 0.25) is 0 Å². The first-order chi connectivity index (χ1) is 10.9. The van der Waals surface area contributed by atoms with Crippen molar-refractivity contribution in [3.05, 3.63) is 22.4 Å². The highest BCUT2D eigenvalue weighted by atomic mass is 32.1. The summed E-state index contributed by atoms with van der Waals surface area (Å²) in [5.41, 5.74) is -0.772. The molecule has 0 saturated carbocycles. The number of carbonyl (C=O) groups is 2. The average Bonchev–Trinajstić information content (AvgIpc) is 3.06. The van der Waals surface area contributed by atoms with Crippen LogP contribution < -0.4 is 5.32 Å². The predicted molar refractivity (Wildman–Crippen MR) is 88.2 cm³/mol. The monoisotopic (exact) mass is 340 g/mol. The van der Waals surface area contributed by atoms with E-state index in [9.17, 15) is 9.59 Å². The van der Waals surface area contributed by atoms with Crippen molar-refractivity contribution in [1.82, 2.24) is 10.2 Å². The van der Waals surface area contributed by atoms with Crippen LogP contribution >= 0.6 is 11.3 Å². The third kappa shape index (κ3) is 4.76. The number of nitrogens with one attached hydrogen (secondary N) is 1. The zero-order valence-electron chi connectivity index (χ0n) is 13.8. The molecule has 128 valence electrons. The van der Waals surface area contributed by atoms with Gasteiger partial charge in [-0.25, -0.2) is 0 Å². The van der Waals surface area contributed by atoms with E-state index in [0.717, 1.165) is 4.88 Å². The van der Waals surface area contributed by atoms with Gasteiger partial charge in [-0.3, -0.25) is 14.5 Å². The minimum Gasteiger partial charge on any atom is -0.451 e. The number of esters is 1. The number of hydrogen-bond acceptors (Lipinski definition) is 6. The summed E-state index contributed by atoms with van der Waals surface area (Å²) in [6.07, 6.45) is -0.817. The Labute approximate surface area is 140 Å². The lowest BCUT2D eigenvalue weighted by Gasteiger charge is -2.39. The largest absolute Gasteiger partial charge is 0.451 e. The molecule has 1 aromatic heterocycles. The first-order valence-electron chi connectivity index (χ1n) is 7.75. The second-order valence-corrected chi connectivity index (χ2v) is 7.04. The quantitative estimate of drug-likeness (QED) is 0.793. The molecule has 0 aromatic carbocycles. The summed E-state index contributed by atoms with van der Waals surface area (Å²) in [7, 11) is 0. The van der Waals surface area contributed by atoms with Crippen molar-refractivity contribution < 1.29 is 19.1 Å². The fraction of sp³-hybridized carbons (Fsp3) is 0.625.